The minimum atomic E-state index is 0.0677. The van der Waals surface area contributed by atoms with E-state index in [9.17, 15) is 4.79 Å². The molecule has 7 nitrogen and oxygen atoms in total. The summed E-state index contributed by atoms with van der Waals surface area (Å²) >= 11 is 0. The summed E-state index contributed by atoms with van der Waals surface area (Å²) in [5, 5.41) is 12.4. The van der Waals surface area contributed by atoms with Crippen molar-refractivity contribution in [2.24, 2.45) is 5.92 Å². The summed E-state index contributed by atoms with van der Waals surface area (Å²) in [6.07, 6.45) is 2.75. The quantitative estimate of drug-likeness (QED) is 0.816. The topological polar surface area (TPSA) is 67.2 Å². The Labute approximate surface area is 141 Å². The van der Waals surface area contributed by atoms with Gasteiger partial charge in [0.2, 0.25) is 11.7 Å². The summed E-state index contributed by atoms with van der Waals surface area (Å²) in [6.45, 7) is 4.90. The van der Waals surface area contributed by atoms with Crippen molar-refractivity contribution >= 4 is 5.91 Å². The lowest BCUT2D eigenvalue weighted by Gasteiger charge is -2.34. The number of benzene rings is 1. The molecular formula is C17H22N6O. The molecule has 1 aromatic carbocycles. The van der Waals surface area contributed by atoms with E-state index in [0.29, 0.717) is 5.82 Å². The SMILES string of the molecule is O=C(Cn1nnc(-c2ccccc2)n1)N1CCN(CC2CC2)CC1. The second-order valence-corrected chi connectivity index (χ2v) is 6.63. The zero-order chi connectivity index (χ0) is 16.4. The number of rotatable bonds is 5. The molecule has 0 radical (unpaired) electrons. The molecule has 24 heavy (non-hydrogen) atoms. The number of carbonyl (C=O) groups excluding carboxylic acids is 1. The van der Waals surface area contributed by atoms with Crippen LogP contribution in [0.5, 0.6) is 0 Å². The minimum Gasteiger partial charge on any atom is -0.338 e. The summed E-state index contributed by atoms with van der Waals surface area (Å²) < 4.78 is 0. The Morgan fingerprint density at radius 3 is 2.54 bits per heavy atom. The van der Waals surface area contributed by atoms with Crippen LogP contribution in [0.15, 0.2) is 30.3 Å². The van der Waals surface area contributed by atoms with E-state index in [0.717, 1.165) is 37.7 Å². The Hall–Kier alpha value is -2.28. The smallest absolute Gasteiger partial charge is 0.246 e. The van der Waals surface area contributed by atoms with Crippen LogP contribution in [0.1, 0.15) is 12.8 Å². The molecule has 2 aromatic rings. The number of piperazine rings is 1. The molecule has 2 aliphatic rings. The maximum absolute atomic E-state index is 12.4. The molecule has 0 atom stereocenters. The van der Waals surface area contributed by atoms with Crippen molar-refractivity contribution in [3.63, 3.8) is 0 Å². The molecule has 1 aromatic heterocycles. The van der Waals surface area contributed by atoms with Crippen LogP contribution in [0.4, 0.5) is 0 Å². The Bertz CT molecular complexity index is 688. The number of hydrogen-bond acceptors (Lipinski definition) is 5. The third-order valence-corrected chi connectivity index (χ3v) is 4.70. The van der Waals surface area contributed by atoms with Crippen LogP contribution < -0.4 is 0 Å². The van der Waals surface area contributed by atoms with E-state index < -0.39 is 0 Å². The maximum Gasteiger partial charge on any atom is 0.246 e. The molecule has 0 unspecified atom stereocenters. The first-order valence-corrected chi connectivity index (χ1v) is 8.61. The molecule has 0 spiro atoms. The molecule has 0 N–H and O–H groups in total. The van der Waals surface area contributed by atoms with Crippen molar-refractivity contribution < 1.29 is 4.79 Å². The fraction of sp³-hybridized carbons (Fsp3) is 0.529. The number of aromatic nitrogens is 4. The fourth-order valence-electron chi connectivity index (χ4n) is 3.08. The average molecular weight is 326 g/mol. The Balaban J connectivity index is 1.31. The first-order valence-electron chi connectivity index (χ1n) is 8.61. The zero-order valence-corrected chi connectivity index (χ0v) is 13.7. The first-order chi connectivity index (χ1) is 11.8. The van der Waals surface area contributed by atoms with Gasteiger partial charge in [0.15, 0.2) is 0 Å². The molecule has 1 saturated heterocycles. The van der Waals surface area contributed by atoms with Crippen LogP contribution in [0, 0.1) is 5.92 Å². The van der Waals surface area contributed by atoms with Gasteiger partial charge in [-0.3, -0.25) is 9.69 Å². The van der Waals surface area contributed by atoms with Crippen molar-refractivity contribution in [2.45, 2.75) is 19.4 Å². The fourth-order valence-corrected chi connectivity index (χ4v) is 3.08. The van der Waals surface area contributed by atoms with E-state index in [2.05, 4.69) is 20.3 Å². The summed E-state index contributed by atoms with van der Waals surface area (Å²) in [5.41, 5.74) is 0.907. The largest absolute Gasteiger partial charge is 0.338 e. The van der Waals surface area contributed by atoms with Crippen LogP contribution >= 0.6 is 0 Å². The van der Waals surface area contributed by atoms with Crippen LogP contribution in [0.2, 0.25) is 0 Å². The molecule has 0 bridgehead atoms. The van der Waals surface area contributed by atoms with Gasteiger partial charge in [-0.25, -0.2) is 0 Å². The van der Waals surface area contributed by atoms with Crippen LogP contribution in [-0.4, -0.2) is 68.6 Å². The molecule has 1 amide bonds. The molecule has 1 aliphatic heterocycles. The van der Waals surface area contributed by atoms with E-state index in [1.54, 1.807) is 0 Å². The highest BCUT2D eigenvalue weighted by molar-refractivity contribution is 5.76. The molecular weight excluding hydrogens is 304 g/mol. The van der Waals surface area contributed by atoms with Gasteiger partial charge in [0.1, 0.15) is 6.54 Å². The van der Waals surface area contributed by atoms with Gasteiger partial charge in [0.05, 0.1) is 0 Å². The highest BCUT2D eigenvalue weighted by atomic mass is 16.2. The number of carbonyl (C=O) groups is 1. The third-order valence-electron chi connectivity index (χ3n) is 4.70. The highest BCUT2D eigenvalue weighted by Crippen LogP contribution is 2.29. The second kappa shape index (κ2) is 6.68. The molecule has 2 fully saturated rings. The number of amides is 1. The lowest BCUT2D eigenvalue weighted by molar-refractivity contribution is -0.134. The van der Waals surface area contributed by atoms with Gasteiger partial charge in [-0.15, -0.1) is 10.2 Å². The van der Waals surface area contributed by atoms with E-state index >= 15 is 0 Å². The number of nitrogens with zero attached hydrogens (tertiary/aromatic N) is 6. The standard InChI is InChI=1S/C17H22N6O/c24-16(22-10-8-21(9-11-22)12-14-6-7-14)13-23-19-17(18-20-23)15-4-2-1-3-5-15/h1-5,14H,6-13H2. The van der Waals surface area contributed by atoms with Crippen molar-refractivity contribution in [1.29, 1.82) is 0 Å². The van der Waals surface area contributed by atoms with Crippen molar-refractivity contribution in [2.75, 3.05) is 32.7 Å². The summed E-state index contributed by atoms with van der Waals surface area (Å²) in [4.78, 5) is 18.2. The lowest BCUT2D eigenvalue weighted by Crippen LogP contribution is -2.50. The normalized spacial score (nSPS) is 18.8. The van der Waals surface area contributed by atoms with Gasteiger partial charge in [0, 0.05) is 38.3 Å². The predicted octanol–water partition coefficient (Wildman–Crippen LogP) is 0.894. The molecule has 2 heterocycles. The number of hydrogen-bond donors (Lipinski definition) is 0. The van der Waals surface area contributed by atoms with E-state index in [4.69, 9.17) is 0 Å². The van der Waals surface area contributed by atoms with Gasteiger partial charge in [-0.2, -0.15) is 4.80 Å². The highest BCUT2D eigenvalue weighted by Gasteiger charge is 2.27. The minimum absolute atomic E-state index is 0.0677. The summed E-state index contributed by atoms with van der Waals surface area (Å²) in [6, 6.07) is 9.68. The Morgan fingerprint density at radius 2 is 1.83 bits per heavy atom. The Morgan fingerprint density at radius 1 is 1.08 bits per heavy atom. The molecule has 1 aliphatic carbocycles. The van der Waals surface area contributed by atoms with E-state index in [1.165, 1.54) is 24.2 Å². The lowest BCUT2D eigenvalue weighted by atomic mass is 10.2. The van der Waals surface area contributed by atoms with Gasteiger partial charge < -0.3 is 4.90 Å². The predicted molar refractivity (Wildman–Crippen MR) is 89.0 cm³/mol. The molecule has 126 valence electrons. The van der Waals surface area contributed by atoms with Crippen LogP contribution in [0.25, 0.3) is 11.4 Å². The number of tetrazole rings is 1. The monoisotopic (exact) mass is 326 g/mol. The van der Waals surface area contributed by atoms with Gasteiger partial charge in [-0.1, -0.05) is 30.3 Å². The second-order valence-electron chi connectivity index (χ2n) is 6.63. The van der Waals surface area contributed by atoms with Gasteiger partial charge in [-0.05, 0) is 24.0 Å². The summed E-state index contributed by atoms with van der Waals surface area (Å²) in [5.74, 6) is 1.53. The molecule has 7 heteroatoms. The van der Waals surface area contributed by atoms with E-state index in [-0.39, 0.29) is 12.5 Å². The molecule has 4 rings (SSSR count). The van der Waals surface area contributed by atoms with Crippen molar-refractivity contribution in [3.05, 3.63) is 30.3 Å². The maximum atomic E-state index is 12.4. The average Bonchev–Trinajstić information content (AvgIpc) is 3.31. The van der Waals surface area contributed by atoms with Crippen molar-refractivity contribution in [1.82, 2.24) is 30.0 Å². The van der Waals surface area contributed by atoms with Gasteiger partial charge >= 0.3 is 0 Å². The molecule has 1 saturated carbocycles. The van der Waals surface area contributed by atoms with Crippen LogP contribution in [-0.2, 0) is 11.3 Å². The first kappa shape index (κ1) is 15.3. The summed E-state index contributed by atoms with van der Waals surface area (Å²) in [7, 11) is 0. The Kier molecular flexibility index (Phi) is 4.25. The van der Waals surface area contributed by atoms with Gasteiger partial charge in [0.25, 0.3) is 0 Å². The van der Waals surface area contributed by atoms with E-state index in [1.807, 2.05) is 35.2 Å². The zero-order valence-electron chi connectivity index (χ0n) is 13.7. The third kappa shape index (κ3) is 3.62. The van der Waals surface area contributed by atoms with Crippen molar-refractivity contribution in [3.8, 4) is 11.4 Å². The van der Waals surface area contributed by atoms with Crippen LogP contribution in [0.3, 0.4) is 0 Å².